The molecule has 0 aliphatic heterocycles. The van der Waals surface area contributed by atoms with Gasteiger partial charge in [-0.2, -0.15) is 0 Å². The fourth-order valence-electron chi connectivity index (χ4n) is 10.8. The Kier molecular flexibility index (Phi) is 8.14. The molecule has 0 bridgehead atoms. The average Bonchev–Trinajstić information content (AvgIpc) is 3.20. The van der Waals surface area contributed by atoms with Crippen molar-refractivity contribution in [2.75, 3.05) is 0 Å². The van der Waals surface area contributed by atoms with Crippen LogP contribution in [0.4, 0.5) is 0 Å². The number of aromatic carboxylic acids is 1. The lowest BCUT2D eigenvalue weighted by Crippen LogP contribution is -2.55. The number of rotatable bonds is 7. The minimum Gasteiger partial charge on any atom is -0.478 e. The van der Waals surface area contributed by atoms with Crippen LogP contribution in [0.5, 0.6) is 0 Å². The van der Waals surface area contributed by atoms with E-state index in [2.05, 4.69) is 63.3 Å². The van der Waals surface area contributed by atoms with Gasteiger partial charge in [-0.05, 0) is 156 Å². The molecule has 206 valence electrons. The Morgan fingerprint density at radius 2 is 1.76 bits per heavy atom. The standard InChI is InChI=1S/C34H51IO2/c1-21(2)8-6-9-22(3)28-14-15-30-27-13-12-25-10-7-11-29(23-18-24(32(36)37)20-26(35)19-23)34(25,5)31(27)16-17-33(28,30)4/h18-22,25,27-31H,6-17H2,1-5H3,(H,36,37)/t22-,25?,27+,28-,29?,30+,31+,33-,34-/m1/s1. The monoisotopic (exact) mass is 618 g/mol. The van der Waals surface area contributed by atoms with E-state index in [-0.39, 0.29) is 0 Å². The molecule has 4 fully saturated rings. The minimum absolute atomic E-state index is 0.309. The molecule has 1 aromatic rings. The Labute approximate surface area is 240 Å². The zero-order chi connectivity index (χ0) is 26.5. The highest BCUT2D eigenvalue weighted by atomic mass is 127. The summed E-state index contributed by atoms with van der Waals surface area (Å²) in [4.78, 5) is 11.9. The van der Waals surface area contributed by atoms with Gasteiger partial charge in [-0.1, -0.05) is 60.3 Å². The summed E-state index contributed by atoms with van der Waals surface area (Å²) in [5.41, 5.74) is 2.63. The highest BCUT2D eigenvalue weighted by Crippen LogP contribution is 2.70. The van der Waals surface area contributed by atoms with Crippen molar-refractivity contribution in [1.29, 1.82) is 0 Å². The molecule has 0 aromatic heterocycles. The van der Waals surface area contributed by atoms with Crippen LogP contribution in [0.25, 0.3) is 0 Å². The maximum absolute atomic E-state index is 11.9. The molecular weight excluding hydrogens is 567 g/mol. The second kappa shape index (κ2) is 10.8. The Balaban J connectivity index is 1.41. The zero-order valence-electron chi connectivity index (χ0n) is 24.1. The number of fused-ring (bicyclic) bond motifs is 5. The zero-order valence-corrected chi connectivity index (χ0v) is 26.2. The minimum atomic E-state index is -0.785. The first-order chi connectivity index (χ1) is 17.6. The molecule has 0 radical (unpaired) electrons. The van der Waals surface area contributed by atoms with Gasteiger partial charge in [0, 0.05) is 3.57 Å². The second-order valence-electron chi connectivity index (χ2n) is 14.6. The van der Waals surface area contributed by atoms with E-state index >= 15 is 0 Å². The first-order valence-electron chi connectivity index (χ1n) is 15.6. The number of hydrogen-bond donors (Lipinski definition) is 1. The van der Waals surface area contributed by atoms with E-state index in [4.69, 9.17) is 0 Å². The summed E-state index contributed by atoms with van der Waals surface area (Å²) in [5.74, 6) is 5.69. The molecule has 4 saturated carbocycles. The third-order valence-electron chi connectivity index (χ3n) is 12.5. The van der Waals surface area contributed by atoms with Crippen LogP contribution in [0.2, 0.25) is 0 Å². The molecule has 0 spiro atoms. The highest BCUT2D eigenvalue weighted by molar-refractivity contribution is 14.1. The van der Waals surface area contributed by atoms with Crippen LogP contribution in [0, 0.1) is 55.8 Å². The van der Waals surface area contributed by atoms with Gasteiger partial charge in [-0.25, -0.2) is 4.79 Å². The van der Waals surface area contributed by atoms with Crippen molar-refractivity contribution in [2.24, 2.45) is 52.3 Å². The van der Waals surface area contributed by atoms with Crippen molar-refractivity contribution in [3.8, 4) is 0 Å². The van der Waals surface area contributed by atoms with Gasteiger partial charge < -0.3 is 5.11 Å². The number of carbonyl (C=O) groups is 1. The van der Waals surface area contributed by atoms with E-state index in [1.165, 1.54) is 82.6 Å². The van der Waals surface area contributed by atoms with Crippen LogP contribution < -0.4 is 0 Å². The molecule has 9 atom stereocenters. The molecule has 2 nitrogen and oxygen atoms in total. The predicted octanol–water partition coefficient (Wildman–Crippen LogP) is 10.2. The molecule has 4 aliphatic rings. The molecule has 0 saturated heterocycles. The topological polar surface area (TPSA) is 37.3 Å². The first kappa shape index (κ1) is 28.0. The molecule has 37 heavy (non-hydrogen) atoms. The molecule has 4 aliphatic carbocycles. The predicted molar refractivity (Wildman–Crippen MR) is 162 cm³/mol. The molecule has 1 aromatic carbocycles. The number of halogens is 1. The van der Waals surface area contributed by atoms with Crippen LogP contribution in [0.3, 0.4) is 0 Å². The summed E-state index contributed by atoms with van der Waals surface area (Å²) in [5, 5.41) is 9.79. The van der Waals surface area contributed by atoms with Crippen LogP contribution in [0.1, 0.15) is 134 Å². The molecule has 0 heterocycles. The molecule has 5 rings (SSSR count). The number of carboxylic acids is 1. The fourth-order valence-corrected chi connectivity index (χ4v) is 11.5. The van der Waals surface area contributed by atoms with Crippen LogP contribution in [0.15, 0.2) is 18.2 Å². The first-order valence-corrected chi connectivity index (χ1v) is 16.7. The van der Waals surface area contributed by atoms with Crippen molar-refractivity contribution in [3.05, 3.63) is 32.9 Å². The van der Waals surface area contributed by atoms with Crippen LogP contribution >= 0.6 is 22.6 Å². The van der Waals surface area contributed by atoms with Gasteiger partial charge in [0.25, 0.3) is 0 Å². The third-order valence-corrected chi connectivity index (χ3v) is 13.2. The SMILES string of the molecule is CC(C)CCC[C@@H](C)[C@H]1CC[C@H]2[C@@H]3CCC4CCCC(c5cc(I)cc(C(=O)O)c5)[C@]4(C)[C@H]3CC[C@]12C. The van der Waals surface area contributed by atoms with Crippen molar-refractivity contribution >= 4 is 28.6 Å². The van der Waals surface area contributed by atoms with Gasteiger partial charge in [-0.3, -0.25) is 0 Å². The van der Waals surface area contributed by atoms with Crippen LogP contribution in [-0.4, -0.2) is 11.1 Å². The van der Waals surface area contributed by atoms with Gasteiger partial charge in [-0.15, -0.1) is 0 Å². The van der Waals surface area contributed by atoms with Gasteiger partial charge in [0.1, 0.15) is 0 Å². The lowest BCUT2D eigenvalue weighted by atomic mass is 9.42. The third kappa shape index (κ3) is 4.95. The summed E-state index contributed by atoms with van der Waals surface area (Å²) in [6.07, 6.45) is 16.7. The largest absolute Gasteiger partial charge is 0.478 e. The summed E-state index contributed by atoms with van der Waals surface area (Å²) in [7, 11) is 0. The van der Waals surface area contributed by atoms with Crippen molar-refractivity contribution < 1.29 is 9.90 Å². The number of carboxylic acid groups (broad SMARTS) is 1. The van der Waals surface area contributed by atoms with E-state index in [1.54, 1.807) is 0 Å². The Morgan fingerprint density at radius 1 is 0.973 bits per heavy atom. The Bertz CT molecular complexity index is 986. The molecule has 0 amide bonds. The lowest BCUT2D eigenvalue weighted by Gasteiger charge is -2.63. The summed E-state index contributed by atoms with van der Waals surface area (Å²) in [6.45, 7) is 12.7. The van der Waals surface area contributed by atoms with E-state index < -0.39 is 5.97 Å². The van der Waals surface area contributed by atoms with E-state index in [9.17, 15) is 9.90 Å². The maximum Gasteiger partial charge on any atom is 0.335 e. The Morgan fingerprint density at radius 3 is 2.49 bits per heavy atom. The molecule has 1 N–H and O–H groups in total. The van der Waals surface area contributed by atoms with Crippen molar-refractivity contribution in [2.45, 2.75) is 118 Å². The van der Waals surface area contributed by atoms with E-state index in [0.717, 1.165) is 45.0 Å². The second-order valence-corrected chi connectivity index (χ2v) is 15.9. The van der Waals surface area contributed by atoms with Crippen molar-refractivity contribution in [1.82, 2.24) is 0 Å². The fraction of sp³-hybridized carbons (Fsp3) is 0.794. The van der Waals surface area contributed by atoms with E-state index in [1.807, 2.05) is 12.1 Å². The van der Waals surface area contributed by atoms with Gasteiger partial charge in [0.05, 0.1) is 5.56 Å². The van der Waals surface area contributed by atoms with Gasteiger partial charge in [0.2, 0.25) is 0 Å². The van der Waals surface area contributed by atoms with Crippen molar-refractivity contribution in [3.63, 3.8) is 0 Å². The molecular formula is C34H51IO2. The lowest BCUT2D eigenvalue weighted by molar-refractivity contribution is -0.124. The quantitative estimate of drug-likeness (QED) is 0.309. The van der Waals surface area contributed by atoms with Gasteiger partial charge >= 0.3 is 5.97 Å². The summed E-state index contributed by atoms with van der Waals surface area (Å²) < 4.78 is 1.08. The van der Waals surface area contributed by atoms with E-state index in [0.29, 0.717) is 22.3 Å². The molecule has 2 unspecified atom stereocenters. The summed E-state index contributed by atoms with van der Waals surface area (Å²) in [6, 6.07) is 6.18. The number of benzene rings is 1. The van der Waals surface area contributed by atoms with Gasteiger partial charge in [0.15, 0.2) is 0 Å². The summed E-state index contributed by atoms with van der Waals surface area (Å²) >= 11 is 2.33. The average molecular weight is 619 g/mol. The van der Waals surface area contributed by atoms with Crippen LogP contribution in [-0.2, 0) is 0 Å². The highest BCUT2D eigenvalue weighted by Gasteiger charge is 2.62. The molecule has 3 heteroatoms. The Hall–Kier alpha value is -0.580. The normalized spacial score (nSPS) is 40.1. The maximum atomic E-state index is 11.9. The number of hydrogen-bond acceptors (Lipinski definition) is 1. The smallest absolute Gasteiger partial charge is 0.335 e.